The molecule has 1 heterocycles. The number of nitrogens with zero attached hydrogens (tertiary/aromatic N) is 2. The van der Waals surface area contributed by atoms with Crippen molar-refractivity contribution in [1.29, 1.82) is 0 Å². The number of halogens is 1. The lowest BCUT2D eigenvalue weighted by Gasteiger charge is -2.08. The Bertz CT molecular complexity index is 785. The second-order valence-electron chi connectivity index (χ2n) is 4.83. The first kappa shape index (κ1) is 13.2. The molecule has 0 saturated carbocycles. The number of anilines is 1. The van der Waals surface area contributed by atoms with Crippen molar-refractivity contribution >= 4 is 5.82 Å². The van der Waals surface area contributed by atoms with Crippen LogP contribution in [0.25, 0.3) is 22.6 Å². The van der Waals surface area contributed by atoms with E-state index < -0.39 is 0 Å². The summed E-state index contributed by atoms with van der Waals surface area (Å²) in [6.45, 7) is 1.89. The van der Waals surface area contributed by atoms with Crippen molar-refractivity contribution in [1.82, 2.24) is 9.97 Å². The molecule has 1 aromatic heterocycles. The molecule has 4 heteroatoms. The first-order valence-corrected chi connectivity index (χ1v) is 6.60. The highest BCUT2D eigenvalue weighted by molar-refractivity contribution is 5.68. The molecule has 0 aliphatic rings. The molecule has 3 nitrogen and oxygen atoms in total. The molecule has 3 rings (SSSR count). The van der Waals surface area contributed by atoms with Crippen LogP contribution in [0.1, 0.15) is 5.56 Å². The molecule has 0 fully saturated rings. The van der Waals surface area contributed by atoms with Gasteiger partial charge in [0.15, 0.2) is 5.82 Å². The van der Waals surface area contributed by atoms with E-state index in [4.69, 9.17) is 5.73 Å². The maximum absolute atomic E-state index is 13.5. The normalized spacial score (nSPS) is 10.6. The van der Waals surface area contributed by atoms with Crippen molar-refractivity contribution < 1.29 is 4.39 Å². The molecule has 0 bridgehead atoms. The fourth-order valence-electron chi connectivity index (χ4n) is 2.18. The highest BCUT2D eigenvalue weighted by Crippen LogP contribution is 2.25. The van der Waals surface area contributed by atoms with E-state index in [0.29, 0.717) is 17.2 Å². The van der Waals surface area contributed by atoms with E-state index in [-0.39, 0.29) is 5.82 Å². The molecular formula is C17H14FN3. The lowest BCUT2D eigenvalue weighted by molar-refractivity contribution is 0.627. The van der Waals surface area contributed by atoms with Crippen LogP contribution >= 0.6 is 0 Å². The molecule has 0 spiro atoms. The van der Waals surface area contributed by atoms with E-state index in [1.165, 1.54) is 12.1 Å². The average Bonchev–Trinajstić information content (AvgIpc) is 2.50. The van der Waals surface area contributed by atoms with Crippen molar-refractivity contribution in [2.45, 2.75) is 6.92 Å². The zero-order chi connectivity index (χ0) is 14.8. The first-order chi connectivity index (χ1) is 10.1. The highest BCUT2D eigenvalue weighted by Gasteiger charge is 2.10. The quantitative estimate of drug-likeness (QED) is 0.775. The van der Waals surface area contributed by atoms with Crippen LogP contribution < -0.4 is 5.73 Å². The van der Waals surface area contributed by atoms with Gasteiger partial charge in [-0.3, -0.25) is 0 Å². The first-order valence-electron chi connectivity index (χ1n) is 6.60. The van der Waals surface area contributed by atoms with E-state index in [0.717, 1.165) is 16.8 Å². The summed E-state index contributed by atoms with van der Waals surface area (Å²) in [5.74, 6) is 0.483. The molecule has 0 atom stereocenters. The molecule has 104 valence electrons. The van der Waals surface area contributed by atoms with Crippen LogP contribution in [0.4, 0.5) is 10.2 Å². The largest absolute Gasteiger partial charge is 0.384 e. The molecule has 0 amide bonds. The van der Waals surface area contributed by atoms with Gasteiger partial charge in [0, 0.05) is 17.2 Å². The van der Waals surface area contributed by atoms with Crippen LogP contribution in [-0.2, 0) is 0 Å². The number of aryl methyl sites for hydroxylation is 1. The van der Waals surface area contributed by atoms with Gasteiger partial charge in [-0.15, -0.1) is 0 Å². The van der Waals surface area contributed by atoms with Gasteiger partial charge in [0.1, 0.15) is 11.6 Å². The SMILES string of the molecule is Cc1ccc(F)cc1-c1nc(N)cc(-c2ccccc2)n1. The van der Waals surface area contributed by atoms with Crippen LogP contribution in [0.5, 0.6) is 0 Å². The Hall–Kier alpha value is -2.75. The minimum Gasteiger partial charge on any atom is -0.384 e. The zero-order valence-electron chi connectivity index (χ0n) is 11.5. The smallest absolute Gasteiger partial charge is 0.162 e. The molecular weight excluding hydrogens is 265 g/mol. The molecule has 0 aliphatic heterocycles. The van der Waals surface area contributed by atoms with Gasteiger partial charge >= 0.3 is 0 Å². The summed E-state index contributed by atoms with van der Waals surface area (Å²) in [5, 5.41) is 0. The molecule has 0 aliphatic carbocycles. The van der Waals surface area contributed by atoms with Gasteiger partial charge in [-0.2, -0.15) is 0 Å². The Morgan fingerprint density at radius 2 is 1.71 bits per heavy atom. The summed E-state index contributed by atoms with van der Waals surface area (Å²) >= 11 is 0. The molecule has 2 N–H and O–H groups in total. The summed E-state index contributed by atoms with van der Waals surface area (Å²) in [7, 11) is 0. The van der Waals surface area contributed by atoms with Crippen molar-refractivity contribution in [3.05, 3.63) is 66.0 Å². The van der Waals surface area contributed by atoms with Crippen LogP contribution in [0, 0.1) is 12.7 Å². The molecule has 21 heavy (non-hydrogen) atoms. The van der Waals surface area contributed by atoms with Crippen molar-refractivity contribution in [2.75, 3.05) is 5.73 Å². The maximum Gasteiger partial charge on any atom is 0.162 e. The van der Waals surface area contributed by atoms with Crippen LogP contribution in [0.2, 0.25) is 0 Å². The monoisotopic (exact) mass is 279 g/mol. The summed E-state index contributed by atoms with van der Waals surface area (Å²) in [4.78, 5) is 8.75. The van der Waals surface area contributed by atoms with E-state index in [2.05, 4.69) is 9.97 Å². The van der Waals surface area contributed by atoms with Gasteiger partial charge in [-0.05, 0) is 24.6 Å². The fourth-order valence-corrected chi connectivity index (χ4v) is 2.18. The van der Waals surface area contributed by atoms with Gasteiger partial charge in [0.2, 0.25) is 0 Å². The van der Waals surface area contributed by atoms with Crippen LogP contribution in [0.15, 0.2) is 54.6 Å². The molecule has 3 aromatic rings. The number of nitrogens with two attached hydrogens (primary N) is 1. The lowest BCUT2D eigenvalue weighted by atomic mass is 10.1. The van der Waals surface area contributed by atoms with Crippen molar-refractivity contribution in [3.63, 3.8) is 0 Å². The van der Waals surface area contributed by atoms with Crippen LogP contribution in [-0.4, -0.2) is 9.97 Å². The molecule has 0 unspecified atom stereocenters. The van der Waals surface area contributed by atoms with Gasteiger partial charge in [-0.25, -0.2) is 14.4 Å². The number of nitrogen functional groups attached to an aromatic ring is 1. The molecule has 2 aromatic carbocycles. The van der Waals surface area contributed by atoms with Gasteiger partial charge in [0.05, 0.1) is 5.69 Å². The van der Waals surface area contributed by atoms with Crippen molar-refractivity contribution in [3.8, 4) is 22.6 Å². The zero-order valence-corrected chi connectivity index (χ0v) is 11.5. The Morgan fingerprint density at radius 1 is 0.952 bits per heavy atom. The number of hydrogen-bond donors (Lipinski definition) is 1. The minimum absolute atomic E-state index is 0.317. The summed E-state index contributed by atoms with van der Waals surface area (Å²) < 4.78 is 13.5. The van der Waals surface area contributed by atoms with Gasteiger partial charge < -0.3 is 5.73 Å². The predicted molar refractivity (Wildman–Crippen MR) is 82.0 cm³/mol. The van der Waals surface area contributed by atoms with E-state index >= 15 is 0 Å². The number of benzene rings is 2. The van der Waals surface area contributed by atoms with E-state index in [9.17, 15) is 4.39 Å². The standard InChI is InChI=1S/C17H14FN3/c1-11-7-8-13(18)9-14(11)17-20-15(10-16(19)21-17)12-5-3-2-4-6-12/h2-10H,1H3,(H2,19,20,21). The molecule has 0 saturated heterocycles. The van der Waals surface area contributed by atoms with Gasteiger partial charge in [0.25, 0.3) is 0 Å². The average molecular weight is 279 g/mol. The third-order valence-electron chi connectivity index (χ3n) is 3.26. The van der Waals surface area contributed by atoms with Gasteiger partial charge in [-0.1, -0.05) is 36.4 Å². The summed E-state index contributed by atoms with van der Waals surface area (Å²) in [6.07, 6.45) is 0. The van der Waals surface area contributed by atoms with Crippen molar-refractivity contribution in [2.24, 2.45) is 0 Å². The lowest BCUT2D eigenvalue weighted by Crippen LogP contribution is -1.99. The number of hydrogen-bond acceptors (Lipinski definition) is 3. The predicted octanol–water partition coefficient (Wildman–Crippen LogP) is 3.84. The summed E-state index contributed by atoms with van der Waals surface area (Å²) in [5.41, 5.74) is 9.10. The Morgan fingerprint density at radius 3 is 2.48 bits per heavy atom. The number of rotatable bonds is 2. The topological polar surface area (TPSA) is 51.8 Å². The third-order valence-corrected chi connectivity index (χ3v) is 3.26. The maximum atomic E-state index is 13.5. The van der Waals surface area contributed by atoms with Crippen LogP contribution in [0.3, 0.4) is 0 Å². The second kappa shape index (κ2) is 5.32. The second-order valence-corrected chi connectivity index (χ2v) is 4.83. The fraction of sp³-hybridized carbons (Fsp3) is 0.0588. The summed E-state index contributed by atoms with van der Waals surface area (Å²) in [6, 6.07) is 16.0. The Kier molecular flexibility index (Phi) is 3.36. The Balaban J connectivity index is 2.16. The van der Waals surface area contributed by atoms with E-state index in [1.807, 2.05) is 37.3 Å². The molecule has 0 radical (unpaired) electrons. The Labute approximate surface area is 122 Å². The van der Waals surface area contributed by atoms with E-state index in [1.54, 1.807) is 12.1 Å². The minimum atomic E-state index is -0.317. The third kappa shape index (κ3) is 2.74. The highest BCUT2D eigenvalue weighted by atomic mass is 19.1. The number of aromatic nitrogens is 2.